The number of nitrogens with one attached hydrogen (secondary N) is 2. The van der Waals surface area contributed by atoms with Gasteiger partial charge in [0.15, 0.2) is 0 Å². The number of sulfonamides is 1. The average Bonchev–Trinajstić information content (AvgIpc) is 1.79. The first-order valence-corrected chi connectivity index (χ1v) is 5.10. The normalized spacial score (nSPS) is 10.5. The number of urea groups is 1. The SMILES string of the molecule is C=C(C)CNC(=O)NS(C)(=O)=O. The van der Waals surface area contributed by atoms with E-state index in [1.807, 2.05) is 0 Å². The molecular weight excluding hydrogens is 180 g/mol. The molecule has 0 rings (SSSR count). The monoisotopic (exact) mass is 192 g/mol. The Bertz CT molecular complexity index is 281. The van der Waals surface area contributed by atoms with Crippen molar-refractivity contribution in [2.45, 2.75) is 6.92 Å². The van der Waals surface area contributed by atoms with E-state index in [1.165, 1.54) is 0 Å². The van der Waals surface area contributed by atoms with Crippen LogP contribution in [0.4, 0.5) is 4.79 Å². The number of amides is 2. The van der Waals surface area contributed by atoms with Crippen molar-refractivity contribution in [3.05, 3.63) is 12.2 Å². The molecule has 0 aliphatic rings. The van der Waals surface area contributed by atoms with Gasteiger partial charge >= 0.3 is 6.03 Å². The van der Waals surface area contributed by atoms with Crippen LogP contribution >= 0.6 is 0 Å². The zero-order valence-corrected chi connectivity index (χ0v) is 7.86. The lowest BCUT2D eigenvalue weighted by molar-refractivity contribution is 0.246. The minimum Gasteiger partial charge on any atom is -0.334 e. The molecule has 0 heterocycles. The Balaban J connectivity index is 3.84. The highest BCUT2D eigenvalue weighted by atomic mass is 32.2. The second-order valence-corrected chi connectivity index (χ2v) is 4.26. The molecule has 0 atom stereocenters. The van der Waals surface area contributed by atoms with Crippen LogP contribution in [0.3, 0.4) is 0 Å². The summed E-state index contributed by atoms with van der Waals surface area (Å²) < 4.78 is 22.7. The van der Waals surface area contributed by atoms with Crippen molar-refractivity contribution in [3.8, 4) is 0 Å². The fourth-order valence-corrected chi connectivity index (χ4v) is 0.845. The molecule has 0 spiro atoms. The fraction of sp³-hybridized carbons (Fsp3) is 0.500. The summed E-state index contributed by atoms with van der Waals surface area (Å²) in [6.07, 6.45) is 0.910. The van der Waals surface area contributed by atoms with Gasteiger partial charge in [-0.05, 0) is 6.92 Å². The first kappa shape index (κ1) is 11.0. The van der Waals surface area contributed by atoms with Gasteiger partial charge in [0.2, 0.25) is 10.0 Å². The summed E-state index contributed by atoms with van der Waals surface area (Å²) in [5.41, 5.74) is 0.749. The molecule has 0 fully saturated rings. The third-order valence-corrected chi connectivity index (χ3v) is 1.39. The van der Waals surface area contributed by atoms with E-state index < -0.39 is 16.1 Å². The zero-order valence-electron chi connectivity index (χ0n) is 7.05. The largest absolute Gasteiger partial charge is 0.334 e. The lowest BCUT2D eigenvalue weighted by Gasteiger charge is -2.04. The summed E-state index contributed by atoms with van der Waals surface area (Å²) >= 11 is 0. The van der Waals surface area contributed by atoms with Gasteiger partial charge in [-0.2, -0.15) is 0 Å². The van der Waals surface area contributed by atoms with Crippen molar-refractivity contribution < 1.29 is 13.2 Å². The van der Waals surface area contributed by atoms with E-state index in [9.17, 15) is 13.2 Å². The van der Waals surface area contributed by atoms with Crippen LogP contribution in [0.2, 0.25) is 0 Å². The minimum atomic E-state index is -3.46. The summed E-state index contributed by atoms with van der Waals surface area (Å²) in [6.45, 7) is 5.52. The smallest absolute Gasteiger partial charge is 0.328 e. The summed E-state index contributed by atoms with van der Waals surface area (Å²) in [7, 11) is -3.46. The number of hydrogen-bond acceptors (Lipinski definition) is 3. The van der Waals surface area contributed by atoms with Crippen LogP contribution in [-0.4, -0.2) is 27.2 Å². The van der Waals surface area contributed by atoms with Crippen molar-refractivity contribution in [1.29, 1.82) is 0 Å². The van der Waals surface area contributed by atoms with Gasteiger partial charge in [-0.25, -0.2) is 17.9 Å². The van der Waals surface area contributed by atoms with E-state index in [1.54, 1.807) is 11.6 Å². The Kier molecular flexibility index (Phi) is 3.75. The molecule has 2 N–H and O–H groups in total. The predicted octanol–water partition coefficient (Wildman–Crippen LogP) is -0.179. The third kappa shape index (κ3) is 7.07. The maximum Gasteiger partial charge on any atom is 0.328 e. The van der Waals surface area contributed by atoms with E-state index in [0.717, 1.165) is 11.8 Å². The summed E-state index contributed by atoms with van der Waals surface area (Å²) in [4.78, 5) is 10.7. The number of rotatable bonds is 3. The average molecular weight is 192 g/mol. The van der Waals surface area contributed by atoms with E-state index in [0.29, 0.717) is 0 Å². The molecule has 0 aliphatic heterocycles. The maximum atomic E-state index is 10.7. The lowest BCUT2D eigenvalue weighted by atomic mass is 10.3. The standard InChI is InChI=1S/C6H12N2O3S/c1-5(2)4-7-6(9)8-12(3,10)11/h1,4H2,2-3H3,(H2,7,8,9). The molecule has 0 aromatic heterocycles. The second-order valence-electron chi connectivity index (χ2n) is 2.51. The third-order valence-electron chi connectivity index (χ3n) is 0.829. The van der Waals surface area contributed by atoms with Gasteiger partial charge in [0.05, 0.1) is 6.26 Å². The predicted molar refractivity (Wildman–Crippen MR) is 46.2 cm³/mol. The Morgan fingerprint density at radius 1 is 1.50 bits per heavy atom. The Morgan fingerprint density at radius 3 is 2.33 bits per heavy atom. The summed E-state index contributed by atoms with van der Waals surface area (Å²) in [5, 5.41) is 2.31. The van der Waals surface area contributed by atoms with Crippen LogP contribution < -0.4 is 10.0 Å². The highest BCUT2D eigenvalue weighted by Gasteiger charge is 2.05. The lowest BCUT2D eigenvalue weighted by Crippen LogP contribution is -2.39. The topological polar surface area (TPSA) is 75.3 Å². The first-order valence-electron chi connectivity index (χ1n) is 3.21. The molecular formula is C6H12N2O3S. The Hall–Kier alpha value is -1.04. The van der Waals surface area contributed by atoms with E-state index in [4.69, 9.17) is 0 Å². The molecule has 0 aromatic carbocycles. The van der Waals surface area contributed by atoms with Crippen molar-refractivity contribution in [2.24, 2.45) is 0 Å². The zero-order chi connectivity index (χ0) is 9.78. The first-order chi connectivity index (χ1) is 5.31. The molecule has 5 nitrogen and oxygen atoms in total. The number of carbonyl (C=O) groups is 1. The summed E-state index contributed by atoms with van der Waals surface area (Å²) in [5.74, 6) is 0. The molecule has 0 unspecified atom stereocenters. The van der Waals surface area contributed by atoms with Crippen LogP contribution in [0.5, 0.6) is 0 Å². The van der Waals surface area contributed by atoms with Gasteiger partial charge in [-0.3, -0.25) is 0 Å². The van der Waals surface area contributed by atoms with Crippen LogP contribution in [-0.2, 0) is 10.0 Å². The molecule has 0 radical (unpaired) electrons. The second kappa shape index (κ2) is 4.10. The molecule has 0 saturated carbocycles. The van der Waals surface area contributed by atoms with Gasteiger partial charge in [-0.15, -0.1) is 0 Å². The van der Waals surface area contributed by atoms with Gasteiger partial charge in [0.25, 0.3) is 0 Å². The quantitative estimate of drug-likeness (QED) is 0.609. The van der Waals surface area contributed by atoms with Crippen molar-refractivity contribution >= 4 is 16.1 Å². The van der Waals surface area contributed by atoms with Gasteiger partial charge in [0, 0.05) is 6.54 Å². The van der Waals surface area contributed by atoms with E-state index >= 15 is 0 Å². The summed E-state index contributed by atoms with van der Waals surface area (Å²) in [6, 6.07) is -0.736. The molecule has 0 aliphatic carbocycles. The van der Waals surface area contributed by atoms with Gasteiger partial charge < -0.3 is 5.32 Å². The molecule has 0 bridgehead atoms. The van der Waals surface area contributed by atoms with Crippen LogP contribution in [0.1, 0.15) is 6.92 Å². The molecule has 0 aromatic rings. The van der Waals surface area contributed by atoms with Crippen LogP contribution in [0.15, 0.2) is 12.2 Å². The Morgan fingerprint density at radius 2 is 2.00 bits per heavy atom. The van der Waals surface area contributed by atoms with E-state index in [-0.39, 0.29) is 6.54 Å². The van der Waals surface area contributed by atoms with Crippen molar-refractivity contribution in [1.82, 2.24) is 10.0 Å². The number of carbonyl (C=O) groups excluding carboxylic acids is 1. The van der Waals surface area contributed by atoms with Gasteiger partial charge in [-0.1, -0.05) is 12.2 Å². The Labute approximate surface area is 71.9 Å². The number of hydrogen-bond donors (Lipinski definition) is 2. The molecule has 6 heteroatoms. The molecule has 70 valence electrons. The fourth-order valence-electron chi connectivity index (χ4n) is 0.436. The van der Waals surface area contributed by atoms with Crippen molar-refractivity contribution in [3.63, 3.8) is 0 Å². The van der Waals surface area contributed by atoms with E-state index in [2.05, 4.69) is 11.9 Å². The molecule has 2 amide bonds. The highest BCUT2D eigenvalue weighted by molar-refractivity contribution is 7.89. The maximum absolute atomic E-state index is 10.7. The highest BCUT2D eigenvalue weighted by Crippen LogP contribution is 1.81. The molecule has 12 heavy (non-hydrogen) atoms. The molecule has 0 saturated heterocycles. The minimum absolute atomic E-state index is 0.265. The van der Waals surface area contributed by atoms with Crippen LogP contribution in [0.25, 0.3) is 0 Å². The van der Waals surface area contributed by atoms with Crippen LogP contribution in [0, 0.1) is 0 Å². The van der Waals surface area contributed by atoms with Gasteiger partial charge in [0.1, 0.15) is 0 Å². The van der Waals surface area contributed by atoms with Crippen molar-refractivity contribution in [2.75, 3.05) is 12.8 Å².